The van der Waals surface area contributed by atoms with Crippen LogP contribution in [-0.2, 0) is 9.53 Å². The number of thioether (sulfide) groups is 1. The van der Waals surface area contributed by atoms with Crippen molar-refractivity contribution in [2.45, 2.75) is 76.3 Å². The Morgan fingerprint density at radius 3 is 2.27 bits per heavy atom. The van der Waals surface area contributed by atoms with Crippen molar-refractivity contribution in [1.29, 1.82) is 0 Å². The minimum Gasteiger partial charge on any atom is -0.444 e. The number of nitrogens with zero attached hydrogens (tertiary/aromatic N) is 1. The molecule has 2 rings (SSSR count). The average molecular weight is 328 g/mol. The molecule has 5 nitrogen and oxygen atoms in total. The molecule has 1 saturated carbocycles. The van der Waals surface area contributed by atoms with Gasteiger partial charge >= 0.3 is 6.09 Å². The number of ether oxygens (including phenoxy) is 1. The van der Waals surface area contributed by atoms with Gasteiger partial charge in [0.05, 0.1) is 0 Å². The smallest absolute Gasteiger partial charge is 0.407 e. The summed E-state index contributed by atoms with van der Waals surface area (Å²) in [6.07, 6.45) is 3.87. The minimum absolute atomic E-state index is 0.216. The maximum Gasteiger partial charge on any atom is 0.407 e. The van der Waals surface area contributed by atoms with Crippen molar-refractivity contribution in [2.24, 2.45) is 0 Å². The number of amides is 1. The van der Waals surface area contributed by atoms with Crippen LogP contribution in [-0.4, -0.2) is 52.1 Å². The summed E-state index contributed by atoms with van der Waals surface area (Å²) in [4.78, 5) is 25.3. The second-order valence-corrected chi connectivity index (χ2v) is 8.79. The third-order valence-corrected chi connectivity index (χ3v) is 5.22. The summed E-state index contributed by atoms with van der Waals surface area (Å²) in [6, 6.07) is 0.841. The van der Waals surface area contributed by atoms with E-state index >= 15 is 0 Å². The van der Waals surface area contributed by atoms with Gasteiger partial charge in [-0.2, -0.15) is 0 Å². The zero-order chi connectivity index (χ0) is 16.3. The summed E-state index contributed by atoms with van der Waals surface area (Å²) in [5, 5.41) is 3.71. The number of nitrogens with one attached hydrogen (secondary N) is 1. The van der Waals surface area contributed by atoms with Gasteiger partial charge in [0.2, 0.25) is 0 Å². The number of alkyl carbamates (subject to hydrolysis) is 1. The van der Waals surface area contributed by atoms with Crippen molar-refractivity contribution in [1.82, 2.24) is 10.2 Å². The predicted octanol–water partition coefficient (Wildman–Crippen LogP) is 2.79. The Hall–Kier alpha value is -0.750. The molecule has 1 amide bonds. The van der Waals surface area contributed by atoms with E-state index in [1.54, 1.807) is 6.92 Å². The zero-order valence-corrected chi connectivity index (χ0v) is 14.9. The first-order chi connectivity index (χ1) is 10.2. The number of carbonyl (C=O) groups excluding carboxylic acids is 2. The van der Waals surface area contributed by atoms with Crippen LogP contribution in [0.3, 0.4) is 0 Å². The summed E-state index contributed by atoms with van der Waals surface area (Å²) in [5.74, 6) is 0. The van der Waals surface area contributed by atoms with E-state index in [-0.39, 0.29) is 17.3 Å². The monoisotopic (exact) mass is 328 g/mol. The molecule has 2 fully saturated rings. The van der Waals surface area contributed by atoms with Gasteiger partial charge in [-0.25, -0.2) is 4.79 Å². The molecule has 0 unspecified atom stereocenters. The van der Waals surface area contributed by atoms with Crippen molar-refractivity contribution < 1.29 is 14.3 Å². The van der Waals surface area contributed by atoms with E-state index in [1.165, 1.54) is 11.8 Å². The number of carbonyl (C=O) groups is 2. The van der Waals surface area contributed by atoms with Crippen molar-refractivity contribution in [3.8, 4) is 0 Å². The summed E-state index contributed by atoms with van der Waals surface area (Å²) >= 11 is 1.48. The topological polar surface area (TPSA) is 58.6 Å². The van der Waals surface area contributed by atoms with E-state index < -0.39 is 5.60 Å². The molecular formula is C16H28N2O3S. The molecule has 1 saturated heterocycles. The molecule has 126 valence electrons. The maximum atomic E-state index is 11.8. The maximum absolute atomic E-state index is 11.8. The number of rotatable bonds is 3. The van der Waals surface area contributed by atoms with Gasteiger partial charge in [-0.15, -0.1) is 0 Å². The molecule has 1 N–H and O–H groups in total. The average Bonchev–Trinajstić information content (AvgIpc) is 2.32. The fourth-order valence-corrected chi connectivity index (χ4v) is 4.16. The number of hydrogen-bond acceptors (Lipinski definition) is 5. The molecule has 1 aliphatic heterocycles. The van der Waals surface area contributed by atoms with E-state index in [0.717, 1.165) is 38.8 Å². The Balaban J connectivity index is 1.64. The molecule has 2 aliphatic rings. The van der Waals surface area contributed by atoms with Gasteiger partial charge in [-0.3, -0.25) is 4.79 Å². The van der Waals surface area contributed by atoms with Crippen LogP contribution in [0.4, 0.5) is 4.79 Å². The van der Waals surface area contributed by atoms with Crippen molar-refractivity contribution in [3.05, 3.63) is 0 Å². The Bertz CT molecular complexity index is 408. The Morgan fingerprint density at radius 2 is 1.77 bits per heavy atom. The number of piperidine rings is 1. The standard InChI is InChI=1S/C16H28N2O3S/c1-11(19)22-14-9-13(10-14)18-7-5-12(6-8-18)17-15(20)21-16(2,3)4/h12-14H,5-10H2,1-4H3,(H,17,20). The van der Waals surface area contributed by atoms with Gasteiger partial charge in [0.25, 0.3) is 0 Å². The molecule has 0 aromatic carbocycles. The van der Waals surface area contributed by atoms with Crippen molar-refractivity contribution in [2.75, 3.05) is 13.1 Å². The number of hydrogen-bond donors (Lipinski definition) is 1. The van der Waals surface area contributed by atoms with Crippen LogP contribution in [0.1, 0.15) is 53.4 Å². The lowest BCUT2D eigenvalue weighted by Gasteiger charge is -2.45. The van der Waals surface area contributed by atoms with Crippen LogP contribution in [0.25, 0.3) is 0 Å². The zero-order valence-electron chi connectivity index (χ0n) is 14.1. The lowest BCUT2D eigenvalue weighted by molar-refractivity contribution is -0.109. The quantitative estimate of drug-likeness (QED) is 0.863. The van der Waals surface area contributed by atoms with Crippen LogP contribution in [0.5, 0.6) is 0 Å². The first-order valence-corrected chi connectivity index (χ1v) is 9.01. The van der Waals surface area contributed by atoms with Gasteiger partial charge in [0.15, 0.2) is 5.12 Å². The van der Waals surface area contributed by atoms with Crippen LogP contribution < -0.4 is 5.32 Å². The Morgan fingerprint density at radius 1 is 1.18 bits per heavy atom. The van der Waals surface area contributed by atoms with Crippen LogP contribution in [0, 0.1) is 0 Å². The molecule has 0 aromatic rings. The first-order valence-electron chi connectivity index (χ1n) is 8.14. The van der Waals surface area contributed by atoms with E-state index in [9.17, 15) is 9.59 Å². The van der Waals surface area contributed by atoms with Crippen molar-refractivity contribution >= 4 is 23.0 Å². The van der Waals surface area contributed by atoms with E-state index in [4.69, 9.17) is 4.74 Å². The van der Waals surface area contributed by atoms with Crippen LogP contribution in [0.15, 0.2) is 0 Å². The fourth-order valence-electron chi connectivity index (χ4n) is 3.05. The highest BCUT2D eigenvalue weighted by atomic mass is 32.2. The van der Waals surface area contributed by atoms with Gasteiger partial charge in [-0.1, -0.05) is 11.8 Å². The number of likely N-dealkylation sites (tertiary alicyclic amines) is 1. The summed E-state index contributed by atoms with van der Waals surface area (Å²) in [6.45, 7) is 9.31. The Labute approximate surface area is 137 Å². The van der Waals surface area contributed by atoms with Crippen molar-refractivity contribution in [3.63, 3.8) is 0 Å². The lowest BCUT2D eigenvalue weighted by Crippen LogP contribution is -2.52. The van der Waals surface area contributed by atoms with Crippen LogP contribution in [0.2, 0.25) is 0 Å². The molecule has 1 heterocycles. The summed E-state index contributed by atoms with van der Waals surface area (Å²) in [5.41, 5.74) is -0.444. The highest BCUT2D eigenvalue weighted by Gasteiger charge is 2.36. The fraction of sp³-hybridized carbons (Fsp3) is 0.875. The van der Waals surface area contributed by atoms with Gasteiger partial charge in [-0.05, 0) is 46.5 Å². The molecule has 6 heteroatoms. The summed E-state index contributed by atoms with van der Waals surface area (Å²) < 4.78 is 5.30. The molecular weight excluding hydrogens is 300 g/mol. The molecule has 1 aliphatic carbocycles. The molecule has 0 atom stereocenters. The second kappa shape index (κ2) is 7.21. The summed E-state index contributed by atoms with van der Waals surface area (Å²) in [7, 11) is 0. The van der Waals surface area contributed by atoms with Gasteiger partial charge in [0.1, 0.15) is 5.60 Å². The van der Waals surface area contributed by atoms with E-state index in [0.29, 0.717) is 11.3 Å². The SMILES string of the molecule is CC(=O)SC1CC(N2CCC(NC(=O)OC(C)(C)C)CC2)C1. The second-order valence-electron chi connectivity index (χ2n) is 7.31. The molecule has 0 bridgehead atoms. The van der Waals surface area contributed by atoms with E-state index in [2.05, 4.69) is 10.2 Å². The molecule has 22 heavy (non-hydrogen) atoms. The van der Waals surface area contributed by atoms with Gasteiger partial charge in [0, 0.05) is 37.3 Å². The normalized spacial score (nSPS) is 27.1. The highest BCUT2D eigenvalue weighted by molar-refractivity contribution is 8.14. The molecule has 0 spiro atoms. The van der Waals surface area contributed by atoms with Crippen LogP contribution >= 0.6 is 11.8 Å². The Kier molecular flexibility index (Phi) is 5.77. The predicted molar refractivity (Wildman–Crippen MR) is 89.0 cm³/mol. The highest BCUT2D eigenvalue weighted by Crippen LogP contribution is 2.36. The molecule has 0 radical (unpaired) electrons. The van der Waals surface area contributed by atoms with Gasteiger partial charge < -0.3 is 15.0 Å². The third-order valence-electron chi connectivity index (χ3n) is 4.17. The largest absolute Gasteiger partial charge is 0.444 e. The molecule has 0 aromatic heterocycles. The lowest BCUT2D eigenvalue weighted by atomic mass is 9.88. The first kappa shape index (κ1) is 17.6. The third kappa shape index (κ3) is 5.47. The van der Waals surface area contributed by atoms with E-state index in [1.807, 2.05) is 20.8 Å². The minimum atomic E-state index is -0.444.